The van der Waals surface area contributed by atoms with E-state index in [-0.39, 0.29) is 0 Å². The zero-order valence-electron chi connectivity index (χ0n) is 17.0. The second-order valence-electron chi connectivity index (χ2n) is 8.06. The van der Waals surface area contributed by atoms with Crippen LogP contribution >= 0.6 is 0 Å². The molecule has 23 heavy (non-hydrogen) atoms. The van der Waals surface area contributed by atoms with Crippen LogP contribution < -0.4 is 0 Å². The SMILES string of the molecule is CCC(C)CCCCCCCCCCCCCCCCN(C)C. The van der Waals surface area contributed by atoms with Crippen LogP contribution in [0.25, 0.3) is 0 Å². The molecule has 0 saturated heterocycles. The highest BCUT2D eigenvalue weighted by molar-refractivity contribution is 4.53. The molecule has 0 amide bonds. The molecule has 0 aromatic heterocycles. The van der Waals surface area contributed by atoms with E-state index in [1.165, 1.54) is 109 Å². The average molecular weight is 326 g/mol. The maximum absolute atomic E-state index is 2.39. The third-order valence-electron chi connectivity index (χ3n) is 5.25. The van der Waals surface area contributed by atoms with E-state index in [1.807, 2.05) is 0 Å². The molecule has 0 radical (unpaired) electrons. The molecule has 0 heterocycles. The van der Waals surface area contributed by atoms with E-state index in [0.717, 1.165) is 5.92 Å². The number of rotatable bonds is 18. The van der Waals surface area contributed by atoms with E-state index in [1.54, 1.807) is 0 Å². The van der Waals surface area contributed by atoms with Gasteiger partial charge in [0.05, 0.1) is 0 Å². The monoisotopic (exact) mass is 325 g/mol. The maximum Gasteiger partial charge on any atom is -0.00248 e. The lowest BCUT2D eigenvalue weighted by atomic mass is 9.99. The van der Waals surface area contributed by atoms with Crippen LogP contribution in [-0.2, 0) is 0 Å². The van der Waals surface area contributed by atoms with Gasteiger partial charge in [0.1, 0.15) is 0 Å². The third kappa shape index (κ3) is 19.9. The van der Waals surface area contributed by atoms with Crippen molar-refractivity contribution in [2.45, 2.75) is 117 Å². The second-order valence-corrected chi connectivity index (χ2v) is 8.06. The second kappa shape index (κ2) is 18.3. The molecule has 0 saturated carbocycles. The van der Waals surface area contributed by atoms with Crippen molar-refractivity contribution in [2.75, 3.05) is 20.6 Å². The summed E-state index contributed by atoms with van der Waals surface area (Å²) in [5, 5.41) is 0. The summed E-state index contributed by atoms with van der Waals surface area (Å²) in [6.45, 7) is 5.97. The number of nitrogens with zero attached hydrogens (tertiary/aromatic N) is 1. The first kappa shape index (κ1) is 23.0. The van der Waals surface area contributed by atoms with Crippen molar-refractivity contribution in [2.24, 2.45) is 5.92 Å². The molecule has 0 N–H and O–H groups in total. The molecular weight excluding hydrogens is 278 g/mol. The van der Waals surface area contributed by atoms with Gasteiger partial charge in [-0.3, -0.25) is 0 Å². The highest BCUT2D eigenvalue weighted by Gasteiger charge is 1.98. The Balaban J connectivity index is 3.00. The summed E-state index contributed by atoms with van der Waals surface area (Å²) in [7, 11) is 4.35. The fraction of sp³-hybridized carbons (Fsp3) is 1.00. The van der Waals surface area contributed by atoms with Crippen molar-refractivity contribution >= 4 is 0 Å². The van der Waals surface area contributed by atoms with Gasteiger partial charge in [0.15, 0.2) is 0 Å². The molecule has 1 atom stereocenters. The summed E-state index contributed by atoms with van der Waals surface area (Å²) in [4.78, 5) is 2.30. The summed E-state index contributed by atoms with van der Waals surface area (Å²) in [5.74, 6) is 0.947. The molecule has 1 nitrogen and oxygen atoms in total. The Kier molecular flexibility index (Phi) is 18.3. The predicted octanol–water partition coefficient (Wildman–Crippen LogP) is 7.45. The van der Waals surface area contributed by atoms with Crippen molar-refractivity contribution in [1.82, 2.24) is 4.90 Å². The Hall–Kier alpha value is -0.0400. The van der Waals surface area contributed by atoms with Gasteiger partial charge < -0.3 is 4.90 Å². The molecule has 0 bridgehead atoms. The molecular formula is C22H47N. The van der Waals surface area contributed by atoms with Crippen molar-refractivity contribution in [3.63, 3.8) is 0 Å². The molecule has 0 rings (SSSR count). The van der Waals surface area contributed by atoms with E-state index in [9.17, 15) is 0 Å². The lowest BCUT2D eigenvalue weighted by Crippen LogP contribution is -2.12. The Labute approximate surface area is 148 Å². The van der Waals surface area contributed by atoms with Gasteiger partial charge >= 0.3 is 0 Å². The molecule has 0 aliphatic heterocycles. The van der Waals surface area contributed by atoms with Crippen molar-refractivity contribution in [3.05, 3.63) is 0 Å². The van der Waals surface area contributed by atoms with Gasteiger partial charge in [0.25, 0.3) is 0 Å². The number of hydrogen-bond acceptors (Lipinski definition) is 1. The van der Waals surface area contributed by atoms with Crippen molar-refractivity contribution in [3.8, 4) is 0 Å². The molecule has 0 aliphatic carbocycles. The van der Waals surface area contributed by atoms with Crippen LogP contribution in [0.2, 0.25) is 0 Å². The van der Waals surface area contributed by atoms with Crippen LogP contribution in [0.5, 0.6) is 0 Å². The molecule has 0 aliphatic rings. The minimum absolute atomic E-state index is 0.947. The predicted molar refractivity (Wildman–Crippen MR) is 107 cm³/mol. The van der Waals surface area contributed by atoms with Crippen LogP contribution in [0, 0.1) is 5.92 Å². The topological polar surface area (TPSA) is 3.24 Å². The first-order chi connectivity index (χ1) is 11.2. The number of unbranched alkanes of at least 4 members (excludes halogenated alkanes) is 13. The molecule has 0 spiro atoms. The van der Waals surface area contributed by atoms with Gasteiger partial charge in [-0.25, -0.2) is 0 Å². The van der Waals surface area contributed by atoms with Gasteiger partial charge in [-0.2, -0.15) is 0 Å². The lowest BCUT2D eigenvalue weighted by molar-refractivity contribution is 0.389. The lowest BCUT2D eigenvalue weighted by Gasteiger charge is -2.08. The van der Waals surface area contributed by atoms with E-state index in [2.05, 4.69) is 32.8 Å². The third-order valence-corrected chi connectivity index (χ3v) is 5.25. The summed E-state index contributed by atoms with van der Waals surface area (Å²) in [5.41, 5.74) is 0. The van der Waals surface area contributed by atoms with Crippen molar-refractivity contribution in [1.29, 1.82) is 0 Å². The van der Waals surface area contributed by atoms with Crippen LogP contribution in [-0.4, -0.2) is 25.5 Å². The van der Waals surface area contributed by atoms with Gasteiger partial charge in [-0.05, 0) is 33.0 Å². The zero-order valence-corrected chi connectivity index (χ0v) is 17.0. The summed E-state index contributed by atoms with van der Waals surface area (Å²) < 4.78 is 0. The fourth-order valence-electron chi connectivity index (χ4n) is 3.25. The maximum atomic E-state index is 2.39. The normalized spacial score (nSPS) is 12.9. The van der Waals surface area contributed by atoms with Gasteiger partial charge in [0.2, 0.25) is 0 Å². The van der Waals surface area contributed by atoms with E-state index < -0.39 is 0 Å². The molecule has 0 fully saturated rings. The van der Waals surface area contributed by atoms with Gasteiger partial charge in [-0.15, -0.1) is 0 Å². The summed E-state index contributed by atoms with van der Waals surface area (Å²) in [6, 6.07) is 0. The molecule has 0 aromatic carbocycles. The quantitative estimate of drug-likeness (QED) is 0.237. The zero-order chi connectivity index (χ0) is 17.2. The highest BCUT2D eigenvalue weighted by Crippen LogP contribution is 2.15. The Bertz CT molecular complexity index is 212. The van der Waals surface area contributed by atoms with Gasteiger partial charge in [0, 0.05) is 0 Å². The van der Waals surface area contributed by atoms with E-state index in [0.29, 0.717) is 0 Å². The summed E-state index contributed by atoms with van der Waals surface area (Å²) in [6.07, 6.45) is 23.3. The van der Waals surface area contributed by atoms with Crippen molar-refractivity contribution < 1.29 is 0 Å². The highest BCUT2D eigenvalue weighted by atomic mass is 15.0. The van der Waals surface area contributed by atoms with E-state index >= 15 is 0 Å². The standard InChI is InChI=1S/C22H47N/c1-5-22(2)20-18-16-14-12-10-8-6-7-9-11-13-15-17-19-21-23(3)4/h22H,5-21H2,1-4H3. The Morgan fingerprint density at radius 1 is 0.565 bits per heavy atom. The van der Waals surface area contributed by atoms with Crippen LogP contribution in [0.15, 0.2) is 0 Å². The minimum Gasteiger partial charge on any atom is -0.309 e. The van der Waals surface area contributed by atoms with Crippen LogP contribution in [0.1, 0.15) is 117 Å². The largest absolute Gasteiger partial charge is 0.309 e. The summed E-state index contributed by atoms with van der Waals surface area (Å²) >= 11 is 0. The molecule has 140 valence electrons. The van der Waals surface area contributed by atoms with Crippen LogP contribution in [0.4, 0.5) is 0 Å². The first-order valence-electron chi connectivity index (χ1n) is 10.8. The van der Waals surface area contributed by atoms with Gasteiger partial charge in [-0.1, -0.05) is 110 Å². The van der Waals surface area contributed by atoms with E-state index in [4.69, 9.17) is 0 Å². The number of hydrogen-bond donors (Lipinski definition) is 0. The Morgan fingerprint density at radius 2 is 0.913 bits per heavy atom. The molecule has 0 aromatic rings. The first-order valence-corrected chi connectivity index (χ1v) is 10.8. The molecule has 1 unspecified atom stereocenters. The minimum atomic E-state index is 0.947. The van der Waals surface area contributed by atoms with Crippen LogP contribution in [0.3, 0.4) is 0 Å². The molecule has 1 heteroatoms. The smallest absolute Gasteiger partial charge is 0.00248 e. The average Bonchev–Trinajstić information content (AvgIpc) is 2.53. The Morgan fingerprint density at radius 3 is 1.26 bits per heavy atom. The fourth-order valence-corrected chi connectivity index (χ4v) is 3.25.